The highest BCUT2D eigenvalue weighted by Crippen LogP contribution is 2.27. The van der Waals surface area contributed by atoms with Gasteiger partial charge < -0.3 is 19.1 Å². The Hall–Kier alpha value is -1.43. The summed E-state index contributed by atoms with van der Waals surface area (Å²) in [7, 11) is 1.67. The Morgan fingerprint density at radius 1 is 1.25 bits per heavy atom. The molecule has 132 valence electrons. The molecule has 0 bridgehead atoms. The summed E-state index contributed by atoms with van der Waals surface area (Å²) in [5, 5.41) is 0. The summed E-state index contributed by atoms with van der Waals surface area (Å²) in [6.45, 7) is 2.58. The van der Waals surface area contributed by atoms with Gasteiger partial charge in [-0.2, -0.15) is 0 Å². The quantitative estimate of drug-likeness (QED) is 0.717. The molecule has 3 atom stereocenters. The summed E-state index contributed by atoms with van der Waals surface area (Å²) in [5.41, 5.74) is 1.23. The standard InChI is InChI=1S/C19H27NO4/c1-22-12-13-24-17-9-10-20(19(21)18-8-5-11-23-18)16(17)14-15-6-3-2-4-7-15/h2-4,6-7,16-18H,5,8-14H2,1H3/t16-,17-,18+/m1/s1. The number of benzene rings is 1. The van der Waals surface area contributed by atoms with Crippen molar-refractivity contribution in [2.24, 2.45) is 0 Å². The van der Waals surface area contributed by atoms with Gasteiger partial charge in [-0.1, -0.05) is 30.3 Å². The molecule has 0 aliphatic carbocycles. The van der Waals surface area contributed by atoms with E-state index in [0.717, 1.165) is 32.2 Å². The maximum atomic E-state index is 12.8. The van der Waals surface area contributed by atoms with Crippen LogP contribution in [0.2, 0.25) is 0 Å². The molecule has 0 saturated carbocycles. The topological polar surface area (TPSA) is 48.0 Å². The molecule has 2 saturated heterocycles. The predicted octanol–water partition coefficient (Wildman–Crippen LogP) is 2.04. The summed E-state index contributed by atoms with van der Waals surface area (Å²) in [5.74, 6) is 0.131. The SMILES string of the molecule is COCCO[C@@H]1CCN(C(=O)[C@@H]2CCCO2)[C@@H]1Cc1ccccc1. The van der Waals surface area contributed by atoms with E-state index in [2.05, 4.69) is 12.1 Å². The Morgan fingerprint density at radius 2 is 2.08 bits per heavy atom. The van der Waals surface area contributed by atoms with Gasteiger partial charge in [-0.05, 0) is 31.2 Å². The number of carbonyl (C=O) groups is 1. The molecule has 0 unspecified atom stereocenters. The Balaban J connectivity index is 1.70. The lowest BCUT2D eigenvalue weighted by Gasteiger charge is -2.30. The van der Waals surface area contributed by atoms with Gasteiger partial charge >= 0.3 is 0 Å². The summed E-state index contributed by atoms with van der Waals surface area (Å²) in [6.07, 6.45) is 3.30. The molecule has 1 aromatic carbocycles. The van der Waals surface area contributed by atoms with Gasteiger partial charge in [0.05, 0.1) is 25.4 Å². The van der Waals surface area contributed by atoms with Gasteiger partial charge in [0.15, 0.2) is 0 Å². The molecule has 24 heavy (non-hydrogen) atoms. The monoisotopic (exact) mass is 333 g/mol. The Labute approximate surface area is 143 Å². The molecule has 2 aliphatic heterocycles. The van der Waals surface area contributed by atoms with E-state index >= 15 is 0 Å². The fraction of sp³-hybridized carbons (Fsp3) is 0.632. The molecule has 0 spiro atoms. The molecule has 0 aromatic heterocycles. The number of amides is 1. The molecule has 1 amide bonds. The molecular weight excluding hydrogens is 306 g/mol. The van der Waals surface area contributed by atoms with E-state index in [4.69, 9.17) is 14.2 Å². The molecule has 5 heteroatoms. The van der Waals surface area contributed by atoms with E-state index in [0.29, 0.717) is 19.8 Å². The van der Waals surface area contributed by atoms with Crippen molar-refractivity contribution in [3.05, 3.63) is 35.9 Å². The van der Waals surface area contributed by atoms with Crippen molar-refractivity contribution in [2.45, 2.75) is 43.9 Å². The van der Waals surface area contributed by atoms with Gasteiger partial charge in [-0.3, -0.25) is 4.79 Å². The molecule has 2 aliphatic rings. The van der Waals surface area contributed by atoms with Crippen LogP contribution in [0, 0.1) is 0 Å². The van der Waals surface area contributed by atoms with E-state index in [1.807, 2.05) is 23.1 Å². The minimum Gasteiger partial charge on any atom is -0.382 e. The molecule has 3 rings (SSSR count). The third-order valence-corrected chi connectivity index (χ3v) is 4.88. The highest BCUT2D eigenvalue weighted by Gasteiger charge is 2.40. The lowest BCUT2D eigenvalue weighted by Crippen LogP contribution is -2.46. The van der Waals surface area contributed by atoms with Crippen LogP contribution in [0.1, 0.15) is 24.8 Å². The van der Waals surface area contributed by atoms with Gasteiger partial charge in [0.25, 0.3) is 5.91 Å². The van der Waals surface area contributed by atoms with Crippen molar-refractivity contribution >= 4 is 5.91 Å². The van der Waals surface area contributed by atoms with Crippen LogP contribution < -0.4 is 0 Å². The summed E-state index contributed by atoms with van der Waals surface area (Å²) < 4.78 is 16.7. The maximum absolute atomic E-state index is 12.8. The van der Waals surface area contributed by atoms with Crippen molar-refractivity contribution < 1.29 is 19.0 Å². The molecule has 2 heterocycles. The van der Waals surface area contributed by atoms with Crippen molar-refractivity contribution in [3.63, 3.8) is 0 Å². The van der Waals surface area contributed by atoms with Crippen LogP contribution >= 0.6 is 0 Å². The number of rotatable bonds is 7. The van der Waals surface area contributed by atoms with E-state index in [1.54, 1.807) is 7.11 Å². The van der Waals surface area contributed by atoms with Crippen molar-refractivity contribution in [2.75, 3.05) is 33.5 Å². The molecule has 0 radical (unpaired) electrons. The Bertz CT molecular complexity index is 515. The first-order valence-corrected chi connectivity index (χ1v) is 8.86. The van der Waals surface area contributed by atoms with Gasteiger partial charge in [-0.15, -0.1) is 0 Å². The second-order valence-electron chi connectivity index (χ2n) is 6.48. The second-order valence-corrected chi connectivity index (χ2v) is 6.48. The zero-order valence-electron chi connectivity index (χ0n) is 14.4. The largest absolute Gasteiger partial charge is 0.382 e. The molecule has 0 N–H and O–H groups in total. The van der Waals surface area contributed by atoms with E-state index in [9.17, 15) is 4.79 Å². The lowest BCUT2D eigenvalue weighted by atomic mass is 10.0. The van der Waals surface area contributed by atoms with Crippen molar-refractivity contribution in [1.29, 1.82) is 0 Å². The lowest BCUT2D eigenvalue weighted by molar-refractivity contribution is -0.143. The molecule has 1 aromatic rings. The van der Waals surface area contributed by atoms with Crippen LogP contribution in [0.5, 0.6) is 0 Å². The van der Waals surface area contributed by atoms with Gasteiger partial charge in [0.1, 0.15) is 6.10 Å². The third-order valence-electron chi connectivity index (χ3n) is 4.88. The van der Waals surface area contributed by atoms with Crippen LogP contribution in [0.25, 0.3) is 0 Å². The van der Waals surface area contributed by atoms with Crippen molar-refractivity contribution in [3.8, 4) is 0 Å². The zero-order valence-corrected chi connectivity index (χ0v) is 14.4. The van der Waals surface area contributed by atoms with E-state index in [-0.39, 0.29) is 24.2 Å². The van der Waals surface area contributed by atoms with Crippen LogP contribution in [0.4, 0.5) is 0 Å². The number of nitrogens with zero attached hydrogens (tertiary/aromatic N) is 1. The first-order chi connectivity index (χ1) is 11.8. The molecule has 2 fully saturated rings. The molecule has 5 nitrogen and oxygen atoms in total. The maximum Gasteiger partial charge on any atom is 0.252 e. The van der Waals surface area contributed by atoms with Crippen molar-refractivity contribution in [1.82, 2.24) is 4.90 Å². The fourth-order valence-electron chi connectivity index (χ4n) is 3.63. The van der Waals surface area contributed by atoms with Gasteiger partial charge in [0.2, 0.25) is 0 Å². The van der Waals surface area contributed by atoms with E-state index < -0.39 is 0 Å². The highest BCUT2D eigenvalue weighted by molar-refractivity contribution is 5.82. The summed E-state index contributed by atoms with van der Waals surface area (Å²) in [6, 6.07) is 10.4. The number of methoxy groups -OCH3 is 1. The molecular formula is C19H27NO4. The number of likely N-dealkylation sites (tertiary alicyclic amines) is 1. The fourth-order valence-corrected chi connectivity index (χ4v) is 3.63. The Morgan fingerprint density at radius 3 is 2.79 bits per heavy atom. The van der Waals surface area contributed by atoms with Crippen LogP contribution in [0.3, 0.4) is 0 Å². The minimum atomic E-state index is -0.263. The third kappa shape index (κ3) is 4.15. The normalized spacial score (nSPS) is 26.9. The average Bonchev–Trinajstić information content (AvgIpc) is 3.26. The van der Waals surface area contributed by atoms with Crippen LogP contribution in [-0.2, 0) is 25.4 Å². The van der Waals surface area contributed by atoms with E-state index in [1.165, 1.54) is 5.56 Å². The number of ether oxygens (including phenoxy) is 3. The minimum absolute atomic E-state index is 0.0608. The highest BCUT2D eigenvalue weighted by atomic mass is 16.5. The van der Waals surface area contributed by atoms with Gasteiger partial charge in [-0.25, -0.2) is 0 Å². The van der Waals surface area contributed by atoms with Crippen LogP contribution in [-0.4, -0.2) is 62.5 Å². The first-order valence-electron chi connectivity index (χ1n) is 8.86. The summed E-state index contributed by atoms with van der Waals surface area (Å²) >= 11 is 0. The second kappa shape index (κ2) is 8.60. The van der Waals surface area contributed by atoms with Gasteiger partial charge in [0, 0.05) is 20.3 Å². The first kappa shape index (κ1) is 17.4. The predicted molar refractivity (Wildman–Crippen MR) is 90.9 cm³/mol. The summed E-state index contributed by atoms with van der Waals surface area (Å²) in [4.78, 5) is 14.8. The number of hydrogen-bond donors (Lipinski definition) is 0. The Kier molecular flexibility index (Phi) is 6.24. The zero-order chi connectivity index (χ0) is 16.8. The van der Waals surface area contributed by atoms with Crippen LogP contribution in [0.15, 0.2) is 30.3 Å². The average molecular weight is 333 g/mol. The smallest absolute Gasteiger partial charge is 0.252 e. The number of hydrogen-bond acceptors (Lipinski definition) is 4. The number of carbonyl (C=O) groups excluding carboxylic acids is 1.